The Hall–Kier alpha value is -4.21. The van der Waals surface area contributed by atoms with Gasteiger partial charge in [0.1, 0.15) is 35.1 Å². The first-order valence-electron chi connectivity index (χ1n) is 16.7. The van der Waals surface area contributed by atoms with E-state index in [1.165, 1.54) is 21.9 Å². The summed E-state index contributed by atoms with van der Waals surface area (Å²) in [5.41, 5.74) is -2.35. The summed E-state index contributed by atoms with van der Waals surface area (Å²) in [7, 11) is -3.93. The molecule has 14 nitrogen and oxygen atoms in total. The molecule has 5 atom stereocenters. The summed E-state index contributed by atoms with van der Waals surface area (Å²) >= 11 is 0. The van der Waals surface area contributed by atoms with Crippen molar-refractivity contribution in [1.82, 2.24) is 25.2 Å². The highest BCUT2D eigenvalue weighted by molar-refractivity contribution is 7.91. The lowest BCUT2D eigenvalue weighted by Crippen LogP contribution is -2.60. The van der Waals surface area contributed by atoms with E-state index in [0.717, 1.165) is 0 Å². The molecule has 2 aliphatic carbocycles. The van der Waals surface area contributed by atoms with Gasteiger partial charge in [-0.3, -0.25) is 24.0 Å². The molecule has 50 heavy (non-hydrogen) atoms. The predicted molar refractivity (Wildman–Crippen MR) is 178 cm³/mol. The largest absolute Gasteiger partial charge is 0.444 e. The van der Waals surface area contributed by atoms with E-state index < -0.39 is 91.7 Å². The standard InChI is InChI=1S/C34H46FN5O9S/c1-8-20-15-34(20,29(43)38-50(46,47)22-12-13-22)37-27(41)25-14-21(48-31(45)39-16-19-10-9-11-24(35)23(19)18-39)17-40(25)28(42)26(32(2,3)4)36-30(44)49-33(5,6)7/h8-11,20-22,25-26H,1,12-18H2,2-7H3,(H,36,44)(H,37,41)(H,38,43)/t20?,21-,25?,26-,34-/m1/s1. The molecule has 2 saturated carbocycles. The van der Waals surface area contributed by atoms with E-state index in [4.69, 9.17) is 9.47 Å². The number of nitrogens with zero attached hydrogens (tertiary/aromatic N) is 2. The van der Waals surface area contributed by atoms with Gasteiger partial charge in [0.2, 0.25) is 21.8 Å². The Morgan fingerprint density at radius 3 is 2.32 bits per heavy atom. The number of alkyl carbamates (subject to hydrolysis) is 1. The van der Waals surface area contributed by atoms with E-state index >= 15 is 0 Å². The Bertz CT molecular complexity index is 1700. The molecule has 274 valence electrons. The first-order chi connectivity index (χ1) is 23.1. The number of hydrogen-bond acceptors (Lipinski definition) is 9. The molecule has 0 bridgehead atoms. The van der Waals surface area contributed by atoms with Crippen LogP contribution < -0.4 is 15.4 Å². The van der Waals surface area contributed by atoms with Crippen molar-refractivity contribution in [3.05, 3.63) is 47.8 Å². The topological polar surface area (TPSA) is 181 Å². The Kier molecular flexibility index (Phi) is 9.75. The van der Waals surface area contributed by atoms with E-state index in [0.29, 0.717) is 24.0 Å². The molecular formula is C34H46FN5O9S. The molecule has 16 heteroatoms. The smallest absolute Gasteiger partial charge is 0.410 e. The Morgan fingerprint density at radius 2 is 1.76 bits per heavy atom. The predicted octanol–water partition coefficient (Wildman–Crippen LogP) is 2.86. The number of halogens is 1. The van der Waals surface area contributed by atoms with Crippen LogP contribution in [0.4, 0.5) is 14.0 Å². The Labute approximate surface area is 291 Å². The number of carbonyl (C=O) groups is 5. The van der Waals surface area contributed by atoms with Crippen LogP contribution in [0, 0.1) is 17.2 Å². The fraction of sp³-hybridized carbons (Fsp3) is 0.618. The van der Waals surface area contributed by atoms with Crippen LogP contribution in [0.1, 0.15) is 78.4 Å². The van der Waals surface area contributed by atoms with E-state index in [-0.39, 0.29) is 32.5 Å². The van der Waals surface area contributed by atoms with Gasteiger partial charge in [-0.05, 0) is 57.1 Å². The SMILES string of the molecule is C=CC1C[C@]1(NC(=O)C1C[C@@H](OC(=O)N2Cc3cccc(F)c3C2)CN1C(=O)[C@@H](NC(=O)OC(C)(C)C)C(C)(C)C)C(=O)NS(=O)(=O)C1CC1. The van der Waals surface area contributed by atoms with Gasteiger partial charge < -0.3 is 25.0 Å². The molecule has 3 N–H and O–H groups in total. The fourth-order valence-corrected chi connectivity index (χ4v) is 7.72. The third-order valence-corrected chi connectivity index (χ3v) is 11.1. The number of hydrogen-bond donors (Lipinski definition) is 3. The molecule has 1 saturated heterocycles. The highest BCUT2D eigenvalue weighted by Crippen LogP contribution is 2.45. The van der Waals surface area contributed by atoms with Gasteiger partial charge in [0.15, 0.2) is 0 Å². The quantitative estimate of drug-likeness (QED) is 0.324. The lowest BCUT2D eigenvalue weighted by molar-refractivity contribution is -0.143. The van der Waals surface area contributed by atoms with Crippen LogP contribution >= 0.6 is 0 Å². The van der Waals surface area contributed by atoms with Crippen molar-refractivity contribution in [3.63, 3.8) is 0 Å². The summed E-state index contributed by atoms with van der Waals surface area (Å²) in [5, 5.41) is 4.64. The van der Waals surface area contributed by atoms with E-state index in [1.807, 2.05) is 0 Å². The molecule has 2 unspecified atom stereocenters. The normalized spacial score (nSPS) is 25.2. The van der Waals surface area contributed by atoms with Crippen molar-refractivity contribution >= 4 is 39.9 Å². The highest BCUT2D eigenvalue weighted by Gasteiger charge is 2.62. The molecule has 1 aromatic carbocycles. The molecule has 0 aromatic heterocycles. The second-order valence-electron chi connectivity index (χ2n) is 15.6. The molecule has 0 radical (unpaired) electrons. The van der Waals surface area contributed by atoms with Gasteiger partial charge in [0.05, 0.1) is 18.3 Å². The molecular weight excluding hydrogens is 673 g/mol. The van der Waals surface area contributed by atoms with Gasteiger partial charge in [-0.15, -0.1) is 6.58 Å². The average molecular weight is 720 g/mol. The van der Waals surface area contributed by atoms with Crippen LogP contribution in [0.3, 0.4) is 0 Å². The van der Waals surface area contributed by atoms with Crippen LogP contribution in [0.5, 0.6) is 0 Å². The summed E-state index contributed by atoms with van der Waals surface area (Å²) in [6.07, 6.45) is -0.394. The summed E-state index contributed by atoms with van der Waals surface area (Å²) < 4.78 is 52.9. The minimum absolute atomic E-state index is 0.0175. The molecule has 4 aliphatic rings. The maximum absolute atomic E-state index is 14.4. The molecule has 2 heterocycles. The zero-order valence-electron chi connectivity index (χ0n) is 29.2. The van der Waals surface area contributed by atoms with Crippen LogP contribution in [0.25, 0.3) is 0 Å². The van der Waals surface area contributed by atoms with Gasteiger partial charge in [0, 0.05) is 24.4 Å². The second-order valence-corrected chi connectivity index (χ2v) is 17.6. The number of fused-ring (bicyclic) bond motifs is 1. The fourth-order valence-electron chi connectivity index (χ4n) is 6.36. The number of likely N-dealkylation sites (tertiary alicyclic amines) is 1. The number of amides is 5. The molecule has 0 spiro atoms. The maximum Gasteiger partial charge on any atom is 0.410 e. The van der Waals surface area contributed by atoms with E-state index in [9.17, 15) is 36.8 Å². The molecule has 1 aromatic rings. The van der Waals surface area contributed by atoms with Gasteiger partial charge in [-0.25, -0.2) is 22.4 Å². The second kappa shape index (κ2) is 13.2. The van der Waals surface area contributed by atoms with Crippen molar-refractivity contribution in [3.8, 4) is 0 Å². The zero-order chi connectivity index (χ0) is 37.0. The lowest BCUT2D eigenvalue weighted by atomic mass is 9.85. The third kappa shape index (κ3) is 7.89. The van der Waals surface area contributed by atoms with Gasteiger partial charge in [-0.2, -0.15) is 0 Å². The number of sulfonamides is 1. The number of benzene rings is 1. The molecule has 5 amide bonds. The average Bonchev–Trinajstić information content (AvgIpc) is 3.89. The number of nitrogens with one attached hydrogen (secondary N) is 3. The van der Waals surface area contributed by atoms with Crippen molar-refractivity contribution in [2.24, 2.45) is 11.3 Å². The van der Waals surface area contributed by atoms with Crippen LogP contribution in [0.15, 0.2) is 30.9 Å². The zero-order valence-corrected chi connectivity index (χ0v) is 30.0. The number of ether oxygens (including phenoxy) is 2. The Morgan fingerprint density at radius 1 is 1.08 bits per heavy atom. The highest BCUT2D eigenvalue weighted by atomic mass is 32.2. The first kappa shape index (κ1) is 37.1. The first-order valence-corrected chi connectivity index (χ1v) is 18.2. The number of rotatable bonds is 9. The Balaban J connectivity index is 1.38. The van der Waals surface area contributed by atoms with Crippen LogP contribution in [-0.4, -0.2) is 89.2 Å². The number of carbonyl (C=O) groups excluding carboxylic acids is 5. The van der Waals surface area contributed by atoms with Crippen molar-refractivity contribution in [2.75, 3.05) is 6.54 Å². The molecule has 5 rings (SSSR count). The van der Waals surface area contributed by atoms with Crippen molar-refractivity contribution in [1.29, 1.82) is 0 Å². The maximum atomic E-state index is 14.4. The van der Waals surface area contributed by atoms with Crippen LogP contribution in [0.2, 0.25) is 0 Å². The summed E-state index contributed by atoms with van der Waals surface area (Å²) in [6.45, 7) is 13.7. The van der Waals surface area contributed by atoms with Crippen LogP contribution in [-0.2, 0) is 47.0 Å². The molecule has 2 aliphatic heterocycles. The monoisotopic (exact) mass is 719 g/mol. The van der Waals surface area contributed by atoms with E-state index in [2.05, 4.69) is 21.9 Å². The lowest BCUT2D eigenvalue weighted by Gasteiger charge is -2.36. The molecule has 3 fully saturated rings. The van der Waals surface area contributed by atoms with Gasteiger partial charge in [-0.1, -0.05) is 39.0 Å². The summed E-state index contributed by atoms with van der Waals surface area (Å²) in [4.78, 5) is 70.4. The summed E-state index contributed by atoms with van der Waals surface area (Å²) in [5.74, 6) is -3.36. The third-order valence-electron chi connectivity index (χ3n) is 9.32. The minimum atomic E-state index is -3.93. The van der Waals surface area contributed by atoms with E-state index in [1.54, 1.807) is 53.7 Å². The van der Waals surface area contributed by atoms with Gasteiger partial charge in [0.25, 0.3) is 5.91 Å². The minimum Gasteiger partial charge on any atom is -0.444 e. The van der Waals surface area contributed by atoms with Crippen molar-refractivity contribution < 1.29 is 46.3 Å². The van der Waals surface area contributed by atoms with Crippen molar-refractivity contribution in [2.45, 2.75) is 115 Å². The summed E-state index contributed by atoms with van der Waals surface area (Å²) in [6, 6.07) is 2.09. The van der Waals surface area contributed by atoms with Gasteiger partial charge >= 0.3 is 12.2 Å².